The van der Waals surface area contributed by atoms with Crippen molar-refractivity contribution >= 4 is 15.8 Å². The van der Waals surface area contributed by atoms with Crippen molar-refractivity contribution in [2.45, 2.75) is 42.7 Å². The SMILES string of the molecule is Nc1cnc(-c2ccc(-c3ccccc3S(=O)(=O)N[C@H]3CCCC[C@@H]3O)cc2F)cn1. The second-order valence-corrected chi connectivity index (χ2v) is 9.28. The van der Waals surface area contributed by atoms with Crippen LogP contribution in [0.5, 0.6) is 0 Å². The first kappa shape index (κ1) is 21.4. The molecule has 0 spiro atoms. The average Bonchev–Trinajstić information content (AvgIpc) is 2.76. The lowest BCUT2D eigenvalue weighted by molar-refractivity contribution is 0.101. The Hall–Kier alpha value is -2.88. The first-order valence-corrected chi connectivity index (χ1v) is 11.5. The summed E-state index contributed by atoms with van der Waals surface area (Å²) in [6.45, 7) is 0. The molecule has 7 nitrogen and oxygen atoms in total. The van der Waals surface area contributed by atoms with E-state index in [0.717, 1.165) is 12.8 Å². The molecule has 3 aromatic rings. The number of anilines is 1. The van der Waals surface area contributed by atoms with Crippen LogP contribution in [0, 0.1) is 5.82 Å². The highest BCUT2D eigenvalue weighted by atomic mass is 32.2. The molecule has 2 atom stereocenters. The Kier molecular flexibility index (Phi) is 5.99. The summed E-state index contributed by atoms with van der Waals surface area (Å²) in [6, 6.07) is 10.3. The van der Waals surface area contributed by atoms with Gasteiger partial charge in [0.1, 0.15) is 11.6 Å². The lowest BCUT2D eigenvalue weighted by Crippen LogP contribution is -2.45. The van der Waals surface area contributed by atoms with Crippen molar-refractivity contribution in [2.75, 3.05) is 5.73 Å². The molecular formula is C22H23FN4O3S. The van der Waals surface area contributed by atoms with E-state index in [0.29, 0.717) is 29.7 Å². The van der Waals surface area contributed by atoms with Crippen molar-refractivity contribution in [3.8, 4) is 22.4 Å². The maximum atomic E-state index is 14.9. The number of hydrogen-bond acceptors (Lipinski definition) is 6. The van der Waals surface area contributed by atoms with Crippen LogP contribution in [0.4, 0.5) is 10.2 Å². The maximum Gasteiger partial charge on any atom is 0.241 e. The molecule has 0 unspecified atom stereocenters. The number of nitrogen functional groups attached to an aromatic ring is 1. The molecule has 0 amide bonds. The lowest BCUT2D eigenvalue weighted by atomic mass is 9.93. The Morgan fingerprint density at radius 1 is 1.03 bits per heavy atom. The summed E-state index contributed by atoms with van der Waals surface area (Å²) < 4.78 is 43.7. The van der Waals surface area contributed by atoms with Gasteiger partial charge in [0, 0.05) is 17.2 Å². The Morgan fingerprint density at radius 3 is 2.52 bits per heavy atom. The van der Waals surface area contributed by atoms with Gasteiger partial charge in [0.05, 0.1) is 29.1 Å². The number of benzene rings is 2. The van der Waals surface area contributed by atoms with E-state index in [-0.39, 0.29) is 16.3 Å². The molecule has 0 saturated heterocycles. The van der Waals surface area contributed by atoms with Crippen LogP contribution in [0.2, 0.25) is 0 Å². The number of hydrogen-bond donors (Lipinski definition) is 3. The maximum absolute atomic E-state index is 14.9. The van der Waals surface area contributed by atoms with Gasteiger partial charge in [-0.2, -0.15) is 0 Å². The summed E-state index contributed by atoms with van der Waals surface area (Å²) in [4.78, 5) is 8.04. The second kappa shape index (κ2) is 8.70. The molecule has 4 rings (SSSR count). The van der Waals surface area contributed by atoms with Gasteiger partial charge < -0.3 is 10.8 Å². The number of sulfonamides is 1. The lowest BCUT2D eigenvalue weighted by Gasteiger charge is -2.28. The molecule has 9 heteroatoms. The topological polar surface area (TPSA) is 118 Å². The monoisotopic (exact) mass is 442 g/mol. The molecule has 1 heterocycles. The average molecular weight is 443 g/mol. The number of nitrogens with zero attached hydrogens (tertiary/aromatic N) is 2. The van der Waals surface area contributed by atoms with Crippen molar-refractivity contribution < 1.29 is 17.9 Å². The van der Waals surface area contributed by atoms with E-state index in [9.17, 15) is 17.9 Å². The highest BCUT2D eigenvalue weighted by molar-refractivity contribution is 7.89. The molecule has 1 aliphatic rings. The molecule has 4 N–H and O–H groups in total. The van der Waals surface area contributed by atoms with Gasteiger partial charge in [0.15, 0.2) is 0 Å². The molecular weight excluding hydrogens is 419 g/mol. The minimum Gasteiger partial charge on any atom is -0.391 e. The van der Waals surface area contributed by atoms with Crippen molar-refractivity contribution in [1.29, 1.82) is 0 Å². The molecule has 0 aliphatic heterocycles. The number of aliphatic hydroxyl groups is 1. The van der Waals surface area contributed by atoms with E-state index in [1.807, 2.05) is 0 Å². The minimum absolute atomic E-state index is 0.0344. The third-order valence-corrected chi connectivity index (χ3v) is 6.99. The van der Waals surface area contributed by atoms with E-state index >= 15 is 0 Å². The molecule has 1 fully saturated rings. The number of aliphatic hydroxyl groups excluding tert-OH is 1. The molecule has 0 bridgehead atoms. The minimum atomic E-state index is -3.92. The number of halogens is 1. The molecule has 0 radical (unpaired) electrons. The van der Waals surface area contributed by atoms with Crippen LogP contribution in [0.3, 0.4) is 0 Å². The quantitative estimate of drug-likeness (QED) is 0.559. The van der Waals surface area contributed by atoms with Crippen LogP contribution in [-0.2, 0) is 10.0 Å². The molecule has 1 aromatic heterocycles. The number of nitrogens with one attached hydrogen (secondary N) is 1. The van der Waals surface area contributed by atoms with Gasteiger partial charge >= 0.3 is 0 Å². The predicted octanol–water partition coefficient (Wildman–Crippen LogP) is 3.11. The van der Waals surface area contributed by atoms with Crippen molar-refractivity contribution in [3.05, 3.63) is 60.7 Å². The Bertz CT molecular complexity index is 1190. The van der Waals surface area contributed by atoms with Crippen LogP contribution in [0.1, 0.15) is 25.7 Å². The largest absolute Gasteiger partial charge is 0.391 e. The van der Waals surface area contributed by atoms with Gasteiger partial charge in [-0.05, 0) is 36.6 Å². The summed E-state index contributed by atoms with van der Waals surface area (Å²) >= 11 is 0. The zero-order valence-electron chi connectivity index (χ0n) is 16.7. The highest BCUT2D eigenvalue weighted by Gasteiger charge is 2.29. The molecule has 1 aliphatic carbocycles. The van der Waals surface area contributed by atoms with Crippen molar-refractivity contribution in [1.82, 2.24) is 14.7 Å². The smallest absolute Gasteiger partial charge is 0.241 e. The van der Waals surface area contributed by atoms with Crippen molar-refractivity contribution in [3.63, 3.8) is 0 Å². The predicted molar refractivity (Wildman–Crippen MR) is 116 cm³/mol. The summed E-state index contributed by atoms with van der Waals surface area (Å²) in [5.74, 6) is -0.324. The Morgan fingerprint density at radius 2 is 1.81 bits per heavy atom. The fourth-order valence-electron chi connectivity index (χ4n) is 3.82. The van der Waals surface area contributed by atoms with E-state index in [4.69, 9.17) is 5.73 Å². The van der Waals surface area contributed by atoms with Gasteiger partial charge in [-0.15, -0.1) is 0 Å². The summed E-state index contributed by atoms with van der Waals surface area (Å²) in [5, 5.41) is 10.2. The molecule has 31 heavy (non-hydrogen) atoms. The van der Waals surface area contributed by atoms with Crippen LogP contribution >= 0.6 is 0 Å². The number of aromatic nitrogens is 2. The Balaban J connectivity index is 1.68. The fraction of sp³-hybridized carbons (Fsp3) is 0.273. The van der Waals surface area contributed by atoms with Gasteiger partial charge in [-0.25, -0.2) is 22.5 Å². The standard InChI is InChI=1S/C22H23FN4O3S/c23-17-11-14(9-10-16(17)19-12-26-22(24)13-25-19)15-5-1-4-8-21(15)31(29,30)27-18-6-2-3-7-20(18)28/h1,4-5,8-13,18,20,27-28H,2-3,6-7H2,(H2,24,26)/t18-,20-/m0/s1. The van der Waals surface area contributed by atoms with E-state index in [1.54, 1.807) is 24.3 Å². The van der Waals surface area contributed by atoms with Crippen LogP contribution in [0.15, 0.2) is 59.8 Å². The fourth-order valence-corrected chi connectivity index (χ4v) is 5.35. The van der Waals surface area contributed by atoms with E-state index < -0.39 is 28.0 Å². The van der Waals surface area contributed by atoms with Gasteiger partial charge in [0.2, 0.25) is 10.0 Å². The van der Waals surface area contributed by atoms with Crippen LogP contribution in [-0.4, -0.2) is 35.6 Å². The second-order valence-electron chi connectivity index (χ2n) is 7.60. The zero-order valence-corrected chi connectivity index (χ0v) is 17.5. The summed E-state index contributed by atoms with van der Waals surface area (Å²) in [7, 11) is -3.92. The number of nitrogens with two attached hydrogens (primary N) is 1. The third-order valence-electron chi connectivity index (χ3n) is 5.44. The molecule has 1 saturated carbocycles. The van der Waals surface area contributed by atoms with Crippen LogP contribution in [0.25, 0.3) is 22.4 Å². The summed E-state index contributed by atoms with van der Waals surface area (Å²) in [6.07, 6.45) is 4.88. The first-order valence-electron chi connectivity index (χ1n) is 10.0. The third kappa shape index (κ3) is 4.58. The number of rotatable bonds is 5. The van der Waals surface area contributed by atoms with E-state index in [1.165, 1.54) is 30.6 Å². The normalized spacial score (nSPS) is 19.3. The molecule has 162 valence electrons. The first-order chi connectivity index (χ1) is 14.8. The van der Waals surface area contributed by atoms with Gasteiger partial charge in [-0.1, -0.05) is 37.1 Å². The van der Waals surface area contributed by atoms with Crippen LogP contribution < -0.4 is 10.5 Å². The molecule has 2 aromatic carbocycles. The summed E-state index contributed by atoms with van der Waals surface area (Å²) in [5.41, 5.74) is 6.87. The van der Waals surface area contributed by atoms with Gasteiger partial charge in [-0.3, -0.25) is 4.98 Å². The zero-order chi connectivity index (χ0) is 22.0. The van der Waals surface area contributed by atoms with Crippen molar-refractivity contribution in [2.24, 2.45) is 0 Å². The van der Waals surface area contributed by atoms with E-state index in [2.05, 4.69) is 14.7 Å². The highest BCUT2D eigenvalue weighted by Crippen LogP contribution is 2.31. The van der Waals surface area contributed by atoms with Gasteiger partial charge in [0.25, 0.3) is 0 Å². The Labute approximate surface area is 180 Å².